The van der Waals surface area contributed by atoms with Gasteiger partial charge in [-0.3, -0.25) is 4.79 Å². The zero-order valence-electron chi connectivity index (χ0n) is 12.1. The Morgan fingerprint density at radius 1 is 1.24 bits per heavy atom. The van der Waals surface area contributed by atoms with E-state index in [1.807, 2.05) is 31.2 Å². The van der Waals surface area contributed by atoms with Crippen LogP contribution in [0.1, 0.15) is 22.7 Å². The molecule has 0 bridgehead atoms. The van der Waals surface area contributed by atoms with Crippen LogP contribution in [0.15, 0.2) is 48.5 Å². The molecule has 106 valence electrons. The zero-order valence-corrected chi connectivity index (χ0v) is 12.1. The normalized spacial score (nSPS) is 11.5. The van der Waals surface area contributed by atoms with Crippen molar-refractivity contribution in [2.75, 3.05) is 11.9 Å². The van der Waals surface area contributed by atoms with E-state index in [1.165, 1.54) is 4.90 Å². The Bertz CT molecular complexity index is 686. The minimum Gasteiger partial charge on any atom is -0.316 e. The average molecular weight is 279 g/mol. The monoisotopic (exact) mass is 279 g/mol. The maximum Gasteiger partial charge on any atom is 0.248 e. The number of nitriles is 1. The first-order valence-corrected chi connectivity index (χ1v) is 6.63. The molecule has 4 heteroatoms. The predicted molar refractivity (Wildman–Crippen MR) is 82.7 cm³/mol. The fourth-order valence-corrected chi connectivity index (χ4v) is 2.04. The van der Waals surface area contributed by atoms with E-state index in [1.54, 1.807) is 31.3 Å². The van der Waals surface area contributed by atoms with Crippen molar-refractivity contribution in [1.82, 2.24) is 0 Å². The largest absolute Gasteiger partial charge is 0.316 e. The molecule has 21 heavy (non-hydrogen) atoms. The van der Waals surface area contributed by atoms with Crippen LogP contribution in [-0.4, -0.2) is 13.0 Å². The number of amides is 1. The second kappa shape index (κ2) is 6.21. The molecule has 4 nitrogen and oxygen atoms in total. The summed E-state index contributed by atoms with van der Waals surface area (Å²) in [6, 6.07) is 15.8. The molecule has 0 radical (unpaired) electrons. The van der Waals surface area contributed by atoms with E-state index in [2.05, 4.69) is 6.07 Å². The van der Waals surface area contributed by atoms with Gasteiger partial charge in [0.1, 0.15) is 6.04 Å². The molecule has 0 spiro atoms. The lowest BCUT2D eigenvalue weighted by atomic mass is 10.0. The molecule has 1 atom stereocenters. The van der Waals surface area contributed by atoms with Crippen molar-refractivity contribution < 1.29 is 4.79 Å². The minimum absolute atomic E-state index is 0.214. The van der Waals surface area contributed by atoms with E-state index in [9.17, 15) is 4.79 Å². The lowest BCUT2D eigenvalue weighted by molar-refractivity contribution is -0.119. The molecule has 0 aromatic heterocycles. The first-order chi connectivity index (χ1) is 10.0. The predicted octanol–water partition coefficient (Wildman–Crippen LogP) is 2.53. The van der Waals surface area contributed by atoms with Crippen molar-refractivity contribution in [3.8, 4) is 6.07 Å². The molecule has 2 rings (SSSR count). The molecule has 2 N–H and O–H groups in total. The van der Waals surface area contributed by atoms with Gasteiger partial charge in [-0.05, 0) is 30.7 Å². The standard InChI is InChI=1S/C17H17N3O/c1-12-6-8-14(9-7-12)16(19)17(21)20(2)15-5-3-4-13(10-15)11-18/h3-10,16H,19H2,1-2H3. The zero-order chi connectivity index (χ0) is 15.4. The molecule has 2 aromatic carbocycles. The first kappa shape index (κ1) is 14.8. The maximum atomic E-state index is 12.4. The number of nitrogens with zero attached hydrogens (tertiary/aromatic N) is 2. The van der Waals surface area contributed by atoms with Crippen molar-refractivity contribution in [1.29, 1.82) is 5.26 Å². The van der Waals surface area contributed by atoms with Crippen LogP contribution in [0.3, 0.4) is 0 Å². The van der Waals surface area contributed by atoms with Gasteiger partial charge in [-0.1, -0.05) is 35.9 Å². The summed E-state index contributed by atoms with van der Waals surface area (Å²) in [4.78, 5) is 13.9. The molecular formula is C17H17N3O. The summed E-state index contributed by atoms with van der Waals surface area (Å²) >= 11 is 0. The maximum absolute atomic E-state index is 12.4. The van der Waals surface area contributed by atoms with Crippen LogP contribution in [0, 0.1) is 18.3 Å². The van der Waals surface area contributed by atoms with Crippen molar-refractivity contribution in [3.63, 3.8) is 0 Å². The molecule has 0 aliphatic heterocycles. The average Bonchev–Trinajstić information content (AvgIpc) is 2.53. The highest BCUT2D eigenvalue weighted by Gasteiger charge is 2.21. The summed E-state index contributed by atoms with van der Waals surface area (Å²) in [5.41, 5.74) is 9.10. The molecule has 1 amide bonds. The van der Waals surface area contributed by atoms with Crippen molar-refractivity contribution >= 4 is 11.6 Å². The van der Waals surface area contributed by atoms with E-state index < -0.39 is 6.04 Å². The van der Waals surface area contributed by atoms with Gasteiger partial charge in [0, 0.05) is 12.7 Å². The van der Waals surface area contributed by atoms with Crippen LogP contribution in [0.4, 0.5) is 5.69 Å². The van der Waals surface area contributed by atoms with Gasteiger partial charge < -0.3 is 10.6 Å². The molecule has 1 unspecified atom stereocenters. The molecular weight excluding hydrogens is 262 g/mol. The van der Waals surface area contributed by atoms with Crippen LogP contribution in [0.2, 0.25) is 0 Å². The van der Waals surface area contributed by atoms with Gasteiger partial charge in [0.25, 0.3) is 0 Å². The molecule has 0 heterocycles. The smallest absolute Gasteiger partial charge is 0.248 e. The van der Waals surface area contributed by atoms with Crippen molar-refractivity contribution in [2.24, 2.45) is 5.73 Å². The van der Waals surface area contributed by atoms with E-state index in [0.29, 0.717) is 11.3 Å². The van der Waals surface area contributed by atoms with Crippen LogP contribution >= 0.6 is 0 Å². The summed E-state index contributed by atoms with van der Waals surface area (Å²) in [6.07, 6.45) is 0. The Kier molecular flexibility index (Phi) is 4.36. The second-order valence-corrected chi connectivity index (χ2v) is 4.95. The minimum atomic E-state index is -0.721. The number of carbonyl (C=O) groups excluding carboxylic acids is 1. The molecule has 2 aromatic rings. The molecule has 0 saturated heterocycles. The highest BCUT2D eigenvalue weighted by molar-refractivity contribution is 5.97. The molecule has 0 fully saturated rings. The third-order valence-corrected chi connectivity index (χ3v) is 3.40. The van der Waals surface area contributed by atoms with Crippen LogP contribution < -0.4 is 10.6 Å². The van der Waals surface area contributed by atoms with Crippen molar-refractivity contribution in [2.45, 2.75) is 13.0 Å². The Balaban J connectivity index is 2.22. The quantitative estimate of drug-likeness (QED) is 0.938. The third kappa shape index (κ3) is 3.28. The van der Waals surface area contributed by atoms with Crippen LogP contribution in [0.25, 0.3) is 0 Å². The second-order valence-electron chi connectivity index (χ2n) is 4.95. The van der Waals surface area contributed by atoms with E-state index in [0.717, 1.165) is 11.1 Å². The number of carbonyl (C=O) groups is 1. The lowest BCUT2D eigenvalue weighted by Crippen LogP contribution is -2.35. The van der Waals surface area contributed by atoms with Gasteiger partial charge in [0.05, 0.1) is 11.6 Å². The molecule has 0 aliphatic carbocycles. The van der Waals surface area contributed by atoms with Gasteiger partial charge >= 0.3 is 0 Å². The summed E-state index contributed by atoms with van der Waals surface area (Å²) < 4.78 is 0. The summed E-state index contributed by atoms with van der Waals surface area (Å²) in [7, 11) is 1.66. The topological polar surface area (TPSA) is 70.1 Å². The van der Waals surface area contributed by atoms with Crippen molar-refractivity contribution in [3.05, 3.63) is 65.2 Å². The number of aryl methyl sites for hydroxylation is 1. The van der Waals surface area contributed by atoms with Crippen LogP contribution in [0.5, 0.6) is 0 Å². The summed E-state index contributed by atoms with van der Waals surface area (Å²) in [5, 5.41) is 8.92. The summed E-state index contributed by atoms with van der Waals surface area (Å²) in [5.74, 6) is -0.214. The molecule has 0 saturated carbocycles. The third-order valence-electron chi connectivity index (χ3n) is 3.40. The highest BCUT2D eigenvalue weighted by Crippen LogP contribution is 2.19. The Morgan fingerprint density at radius 2 is 1.90 bits per heavy atom. The summed E-state index contributed by atoms with van der Waals surface area (Å²) in [6.45, 7) is 1.98. The number of likely N-dealkylation sites (N-methyl/N-ethyl adjacent to an activating group) is 1. The van der Waals surface area contributed by atoms with Gasteiger partial charge in [0.15, 0.2) is 0 Å². The Morgan fingerprint density at radius 3 is 2.52 bits per heavy atom. The fourth-order valence-electron chi connectivity index (χ4n) is 2.04. The first-order valence-electron chi connectivity index (χ1n) is 6.63. The Hall–Kier alpha value is -2.64. The lowest BCUT2D eigenvalue weighted by Gasteiger charge is -2.22. The number of benzene rings is 2. The van der Waals surface area contributed by atoms with Gasteiger partial charge in [-0.25, -0.2) is 0 Å². The number of hydrogen-bond acceptors (Lipinski definition) is 3. The number of anilines is 1. The van der Waals surface area contributed by atoms with Crippen LogP contribution in [-0.2, 0) is 4.79 Å². The number of nitrogens with two attached hydrogens (primary N) is 1. The fraction of sp³-hybridized carbons (Fsp3) is 0.176. The Labute approximate surface area is 124 Å². The van der Waals surface area contributed by atoms with E-state index in [4.69, 9.17) is 11.0 Å². The van der Waals surface area contributed by atoms with Gasteiger partial charge in [-0.2, -0.15) is 5.26 Å². The van der Waals surface area contributed by atoms with Gasteiger partial charge in [-0.15, -0.1) is 0 Å². The highest BCUT2D eigenvalue weighted by atomic mass is 16.2. The SMILES string of the molecule is Cc1ccc(C(N)C(=O)N(C)c2cccc(C#N)c2)cc1. The number of hydrogen-bond donors (Lipinski definition) is 1. The van der Waals surface area contributed by atoms with E-state index >= 15 is 0 Å². The van der Waals surface area contributed by atoms with E-state index in [-0.39, 0.29) is 5.91 Å². The van der Waals surface area contributed by atoms with Gasteiger partial charge in [0.2, 0.25) is 5.91 Å². The molecule has 0 aliphatic rings. The number of rotatable bonds is 3.